The molecule has 0 saturated carbocycles. The van der Waals surface area contributed by atoms with E-state index in [4.69, 9.17) is 9.72 Å². The fourth-order valence-electron chi connectivity index (χ4n) is 7.27. The van der Waals surface area contributed by atoms with Gasteiger partial charge < -0.3 is 9.84 Å². The third-order valence-electron chi connectivity index (χ3n) is 11.0. The van der Waals surface area contributed by atoms with Gasteiger partial charge in [-0.3, -0.25) is 9.78 Å². The molecule has 2 heterocycles. The molecule has 5 aromatic rings. The fraction of sp³-hybridized carbons (Fsp3) is 0.447. The van der Waals surface area contributed by atoms with Crippen LogP contribution in [0.25, 0.3) is 43.6 Å². The molecule has 279 valence electrons. The molecule has 1 N–H and O–H groups in total. The van der Waals surface area contributed by atoms with Crippen molar-refractivity contribution in [2.24, 2.45) is 22.7 Å². The molecule has 0 bridgehead atoms. The minimum Gasteiger partial charge on any atom is -0.512 e. The first-order valence-corrected chi connectivity index (χ1v) is 19.2. The van der Waals surface area contributed by atoms with Crippen molar-refractivity contribution in [3.63, 3.8) is 0 Å². The molecule has 5 heteroatoms. The number of pyridine rings is 1. The monoisotopic (exact) mass is 877 g/mol. The molecule has 0 fully saturated rings. The van der Waals surface area contributed by atoms with Crippen LogP contribution in [-0.2, 0) is 37.7 Å². The van der Waals surface area contributed by atoms with Crippen LogP contribution >= 0.6 is 0 Å². The van der Waals surface area contributed by atoms with E-state index in [1.807, 2.05) is 40.8 Å². The SMILES string of the molecule is CC(C)CCc1c2c([c-]c3ccccc13)-c1nccc3c1c(cc1c(CC(C)(C)C)cccc13)O2.CCC(CC)C(=O)/C=C(\O)C(C)(CC)CC.[Ir]. The molecule has 1 radical (unpaired) electrons. The average molecular weight is 877 g/mol. The fourth-order valence-corrected chi connectivity index (χ4v) is 7.27. The van der Waals surface area contributed by atoms with Gasteiger partial charge >= 0.3 is 0 Å². The Morgan fingerprint density at radius 2 is 1.58 bits per heavy atom. The van der Waals surface area contributed by atoms with Gasteiger partial charge in [0.15, 0.2) is 5.78 Å². The number of aliphatic hydroxyl groups is 1. The van der Waals surface area contributed by atoms with Gasteiger partial charge in [-0.1, -0.05) is 122 Å². The molecule has 1 aliphatic rings. The second kappa shape index (κ2) is 17.1. The number of ketones is 1. The summed E-state index contributed by atoms with van der Waals surface area (Å²) in [6.45, 7) is 21.6. The van der Waals surface area contributed by atoms with Crippen molar-refractivity contribution in [2.45, 2.75) is 114 Å². The van der Waals surface area contributed by atoms with E-state index in [1.54, 1.807) is 0 Å². The third-order valence-corrected chi connectivity index (χ3v) is 11.0. The Bertz CT molecular complexity index is 2060. The molecule has 0 spiro atoms. The van der Waals surface area contributed by atoms with E-state index < -0.39 is 0 Å². The van der Waals surface area contributed by atoms with Crippen molar-refractivity contribution in [3.8, 4) is 22.8 Å². The number of aliphatic hydroxyl groups excluding tert-OH is 1. The van der Waals surface area contributed by atoms with Gasteiger partial charge in [-0.25, -0.2) is 0 Å². The van der Waals surface area contributed by atoms with E-state index >= 15 is 0 Å². The number of ether oxygens (including phenoxy) is 1. The van der Waals surface area contributed by atoms with E-state index in [9.17, 15) is 9.90 Å². The number of aromatic nitrogens is 1. The summed E-state index contributed by atoms with van der Waals surface area (Å²) in [5, 5.41) is 17.2. The first kappa shape index (κ1) is 41.2. The molecule has 0 unspecified atom stereocenters. The molecule has 1 aromatic heterocycles. The van der Waals surface area contributed by atoms with Crippen molar-refractivity contribution in [1.82, 2.24) is 4.98 Å². The van der Waals surface area contributed by atoms with Crippen molar-refractivity contribution >= 4 is 38.1 Å². The summed E-state index contributed by atoms with van der Waals surface area (Å²) < 4.78 is 6.84. The number of aryl methyl sites for hydroxylation is 1. The van der Waals surface area contributed by atoms with Crippen LogP contribution in [0.4, 0.5) is 0 Å². The Morgan fingerprint density at radius 3 is 2.21 bits per heavy atom. The van der Waals surface area contributed by atoms with E-state index in [0.29, 0.717) is 5.92 Å². The predicted octanol–water partition coefficient (Wildman–Crippen LogP) is 13.5. The Balaban J connectivity index is 0.000000305. The van der Waals surface area contributed by atoms with Crippen LogP contribution in [0.2, 0.25) is 0 Å². The molecular weight excluding hydrogens is 819 g/mol. The number of fused-ring (bicyclic) bond motifs is 5. The van der Waals surface area contributed by atoms with Gasteiger partial charge in [-0.05, 0) is 90.1 Å². The largest absolute Gasteiger partial charge is 0.512 e. The number of hydrogen-bond acceptors (Lipinski definition) is 4. The van der Waals surface area contributed by atoms with Gasteiger partial charge in [0.2, 0.25) is 0 Å². The number of nitrogens with zero attached hydrogens (tertiary/aromatic N) is 1. The zero-order chi connectivity index (χ0) is 37.1. The van der Waals surface area contributed by atoms with Gasteiger partial charge in [0.25, 0.3) is 0 Å². The van der Waals surface area contributed by atoms with E-state index in [2.05, 4.69) is 95.3 Å². The molecule has 0 saturated heterocycles. The van der Waals surface area contributed by atoms with Crippen LogP contribution in [0, 0.1) is 28.7 Å². The Kier molecular flexibility index (Phi) is 13.5. The van der Waals surface area contributed by atoms with Gasteiger partial charge in [0, 0.05) is 54.8 Å². The average Bonchev–Trinajstić information content (AvgIpc) is 3.10. The first-order chi connectivity index (χ1) is 24.2. The predicted molar refractivity (Wildman–Crippen MR) is 216 cm³/mol. The summed E-state index contributed by atoms with van der Waals surface area (Å²) in [4.78, 5) is 16.8. The van der Waals surface area contributed by atoms with E-state index in [0.717, 1.165) is 78.5 Å². The topological polar surface area (TPSA) is 59.4 Å². The first-order valence-electron chi connectivity index (χ1n) is 19.2. The number of carbonyl (C=O) groups excluding carboxylic acids is 1. The maximum absolute atomic E-state index is 11.9. The Hall–Kier alpha value is -3.53. The molecule has 6 rings (SSSR count). The van der Waals surface area contributed by atoms with Crippen molar-refractivity contribution in [3.05, 3.63) is 89.8 Å². The van der Waals surface area contributed by atoms with Gasteiger partial charge in [-0.2, -0.15) is 0 Å². The van der Waals surface area contributed by atoms with Gasteiger partial charge in [-0.15, -0.1) is 17.5 Å². The number of allylic oxidation sites excluding steroid dienone is 2. The number of rotatable bonds is 11. The van der Waals surface area contributed by atoms with Gasteiger partial charge in [0.1, 0.15) is 11.5 Å². The Morgan fingerprint density at radius 1 is 0.904 bits per heavy atom. The van der Waals surface area contributed by atoms with Crippen LogP contribution < -0.4 is 4.74 Å². The zero-order valence-electron chi connectivity index (χ0n) is 33.0. The van der Waals surface area contributed by atoms with Crippen molar-refractivity contribution < 1.29 is 34.7 Å². The van der Waals surface area contributed by atoms with Crippen LogP contribution in [0.15, 0.2) is 72.6 Å². The molecule has 52 heavy (non-hydrogen) atoms. The second-order valence-electron chi connectivity index (χ2n) is 16.3. The molecule has 0 atom stereocenters. The van der Waals surface area contributed by atoms with Crippen molar-refractivity contribution in [2.75, 3.05) is 0 Å². The molecule has 0 aliphatic carbocycles. The van der Waals surface area contributed by atoms with Crippen molar-refractivity contribution in [1.29, 1.82) is 0 Å². The summed E-state index contributed by atoms with van der Waals surface area (Å²) in [6, 6.07) is 23.3. The van der Waals surface area contributed by atoms with E-state index in [-0.39, 0.29) is 48.4 Å². The summed E-state index contributed by atoms with van der Waals surface area (Å²) in [5.41, 5.74) is 4.57. The molecular formula is C47H58IrNO3-. The number of benzene rings is 4. The summed E-state index contributed by atoms with van der Waals surface area (Å²) in [6.07, 6.45) is 9.88. The smallest absolute Gasteiger partial charge is 0.162 e. The van der Waals surface area contributed by atoms with Crippen LogP contribution in [0.3, 0.4) is 0 Å². The Labute approximate surface area is 325 Å². The minimum absolute atomic E-state index is 0. The van der Waals surface area contributed by atoms with E-state index in [1.165, 1.54) is 38.7 Å². The zero-order valence-corrected chi connectivity index (χ0v) is 35.4. The number of hydrogen-bond donors (Lipinski definition) is 1. The second-order valence-corrected chi connectivity index (χ2v) is 16.3. The van der Waals surface area contributed by atoms with Gasteiger partial charge in [0.05, 0.1) is 5.75 Å². The van der Waals surface area contributed by atoms with Crippen LogP contribution in [0.1, 0.15) is 112 Å². The maximum Gasteiger partial charge on any atom is 0.162 e. The number of carbonyl (C=O) groups is 1. The van der Waals surface area contributed by atoms with Crippen LogP contribution in [0.5, 0.6) is 11.5 Å². The maximum atomic E-state index is 11.9. The third kappa shape index (κ3) is 8.64. The molecule has 4 nitrogen and oxygen atoms in total. The quantitative estimate of drug-likeness (QED) is 0.0610. The minimum atomic E-state index is -0.248. The standard InChI is InChI=1S/C33H32NO.C14H26O2.Ir/c1-20(2)13-14-26-23-11-7-6-9-21(23)17-28-31-30-25(15-16-34-31)24-12-8-10-22(19-33(3,4)5)27(24)18-29(30)35-32(26)28;1-6-11(7-2)12(15)10-13(16)14(5,8-3)9-4;/h6-12,15-16,18,20H,13-14,19H2,1-5H3;10-11,16H,6-9H2,1-5H3;/q-1;;/b;13-10-;. The molecule has 0 amide bonds. The summed E-state index contributed by atoms with van der Waals surface area (Å²) in [7, 11) is 0. The van der Waals surface area contributed by atoms with Crippen LogP contribution in [-0.4, -0.2) is 15.9 Å². The summed E-state index contributed by atoms with van der Waals surface area (Å²) >= 11 is 0. The molecule has 1 aliphatic heterocycles. The normalized spacial score (nSPS) is 12.8. The summed E-state index contributed by atoms with van der Waals surface area (Å²) in [5.74, 6) is 2.84. The molecule has 4 aromatic carbocycles.